The minimum Gasteiger partial charge on any atom is -0.598 e. The lowest BCUT2D eigenvalue weighted by atomic mass is 9.85. The van der Waals surface area contributed by atoms with E-state index in [4.69, 9.17) is 5.11 Å². The van der Waals surface area contributed by atoms with Crippen LogP contribution >= 0.6 is 0 Å². The number of hydrogen-bond donors (Lipinski definition) is 3. The Balaban J connectivity index is 3.30. The molecular weight excluding hydrogens is 312 g/mol. The average molecular weight is 335 g/mol. The zero-order valence-corrected chi connectivity index (χ0v) is 14.0. The maximum atomic E-state index is 14.7. The van der Waals surface area contributed by atoms with Crippen LogP contribution in [-0.2, 0) is 16.9 Å². The third-order valence-corrected chi connectivity index (χ3v) is 5.09. The molecule has 0 aliphatic heterocycles. The van der Waals surface area contributed by atoms with Gasteiger partial charge in [-0.05, 0) is 33.8 Å². The maximum absolute atomic E-state index is 14.7. The Labute approximate surface area is 132 Å². The standard InChI is InChI=1S/C15H23F2NO3S/c1-14(2,3)22(21)18-15(4,13(17)12(20)9-19)10-7-5-6-8-11(10)16/h5-8,12-13,18-20H,9H2,1-4H3/t12-,13-,15+,22+/m0/s1. The SMILES string of the molecule is CC(C)(C)[S@@+]([O-])N[C@](C)(c1ccccc1F)[C@@H](F)[C@@H](O)CO. The van der Waals surface area contributed by atoms with Crippen molar-refractivity contribution in [2.75, 3.05) is 6.61 Å². The van der Waals surface area contributed by atoms with Crippen molar-refractivity contribution in [1.29, 1.82) is 0 Å². The van der Waals surface area contributed by atoms with Crippen molar-refractivity contribution in [2.45, 2.75) is 50.3 Å². The van der Waals surface area contributed by atoms with Crippen LogP contribution in [0.4, 0.5) is 8.78 Å². The molecule has 0 aliphatic carbocycles. The summed E-state index contributed by atoms with van der Waals surface area (Å²) in [5.41, 5.74) is -1.82. The van der Waals surface area contributed by atoms with Crippen molar-refractivity contribution in [2.24, 2.45) is 0 Å². The number of aliphatic hydroxyl groups excluding tert-OH is 2. The highest BCUT2D eigenvalue weighted by Gasteiger charge is 2.47. The summed E-state index contributed by atoms with van der Waals surface area (Å²) in [5, 5.41) is 18.6. The molecule has 22 heavy (non-hydrogen) atoms. The molecule has 0 aliphatic rings. The monoisotopic (exact) mass is 335 g/mol. The number of hydrogen-bond acceptors (Lipinski definition) is 4. The number of nitrogens with one attached hydrogen (secondary N) is 1. The molecule has 0 radical (unpaired) electrons. The van der Waals surface area contributed by atoms with Crippen LogP contribution < -0.4 is 4.72 Å². The van der Waals surface area contributed by atoms with E-state index in [1.54, 1.807) is 20.8 Å². The van der Waals surface area contributed by atoms with Gasteiger partial charge in [0.15, 0.2) is 6.17 Å². The molecular formula is C15H23F2NO3S. The van der Waals surface area contributed by atoms with Crippen molar-refractivity contribution in [1.82, 2.24) is 4.72 Å². The minimum atomic E-state index is -2.05. The highest BCUT2D eigenvalue weighted by atomic mass is 32.2. The van der Waals surface area contributed by atoms with Crippen molar-refractivity contribution >= 4 is 11.4 Å². The fourth-order valence-electron chi connectivity index (χ4n) is 1.97. The summed E-state index contributed by atoms with van der Waals surface area (Å²) < 4.78 is 43.0. The Bertz CT molecular complexity index is 498. The van der Waals surface area contributed by atoms with Gasteiger partial charge in [-0.15, -0.1) is 4.72 Å². The van der Waals surface area contributed by atoms with Gasteiger partial charge in [0.25, 0.3) is 0 Å². The van der Waals surface area contributed by atoms with Crippen LogP contribution in [0.1, 0.15) is 33.3 Å². The summed E-state index contributed by atoms with van der Waals surface area (Å²) in [5.74, 6) is -0.684. The molecule has 126 valence electrons. The van der Waals surface area contributed by atoms with Crippen LogP contribution in [0.5, 0.6) is 0 Å². The van der Waals surface area contributed by atoms with Crippen LogP contribution in [-0.4, -0.2) is 38.4 Å². The van der Waals surface area contributed by atoms with Gasteiger partial charge >= 0.3 is 0 Å². The third kappa shape index (κ3) is 4.17. The lowest BCUT2D eigenvalue weighted by Crippen LogP contribution is -2.58. The normalized spacial score (nSPS) is 19.3. The first-order valence-corrected chi connectivity index (χ1v) is 8.06. The number of alkyl halides is 1. The maximum Gasteiger partial charge on any atom is 0.154 e. The third-order valence-electron chi connectivity index (χ3n) is 3.37. The first-order valence-electron chi connectivity index (χ1n) is 6.91. The average Bonchev–Trinajstić information content (AvgIpc) is 2.44. The Morgan fingerprint density at radius 2 is 1.82 bits per heavy atom. The van der Waals surface area contributed by atoms with E-state index in [1.807, 2.05) is 0 Å². The molecule has 0 fully saturated rings. The molecule has 0 heterocycles. The quantitative estimate of drug-likeness (QED) is 0.693. The molecule has 7 heteroatoms. The molecule has 0 bridgehead atoms. The molecule has 0 amide bonds. The molecule has 4 atom stereocenters. The highest BCUT2D eigenvalue weighted by molar-refractivity contribution is 7.90. The van der Waals surface area contributed by atoms with Gasteiger partial charge in [0.2, 0.25) is 0 Å². The molecule has 4 nitrogen and oxygen atoms in total. The Morgan fingerprint density at radius 1 is 1.27 bits per heavy atom. The molecule has 0 spiro atoms. The van der Waals surface area contributed by atoms with Gasteiger partial charge in [-0.2, -0.15) is 0 Å². The Morgan fingerprint density at radius 3 is 2.27 bits per heavy atom. The van der Waals surface area contributed by atoms with Crippen LogP contribution in [0.3, 0.4) is 0 Å². The van der Waals surface area contributed by atoms with E-state index in [9.17, 15) is 18.4 Å². The first-order chi connectivity index (χ1) is 10.0. The van der Waals surface area contributed by atoms with Gasteiger partial charge in [-0.3, -0.25) is 0 Å². The number of halogens is 2. The van der Waals surface area contributed by atoms with Gasteiger partial charge in [0.05, 0.1) is 6.61 Å². The van der Waals surface area contributed by atoms with Gasteiger partial charge in [0, 0.05) is 16.9 Å². The van der Waals surface area contributed by atoms with Crippen LogP contribution in [0.2, 0.25) is 0 Å². The van der Waals surface area contributed by atoms with Crippen LogP contribution in [0, 0.1) is 5.82 Å². The largest absolute Gasteiger partial charge is 0.598 e. The molecule has 0 saturated carbocycles. The number of benzene rings is 1. The summed E-state index contributed by atoms with van der Waals surface area (Å²) in [7, 11) is 0. The predicted octanol–water partition coefficient (Wildman–Crippen LogP) is 1.78. The molecule has 1 aromatic carbocycles. The Hall–Kier alpha value is -0.730. The van der Waals surface area contributed by atoms with E-state index >= 15 is 0 Å². The van der Waals surface area contributed by atoms with Gasteiger partial charge < -0.3 is 14.8 Å². The Kier molecular flexibility index (Phi) is 6.35. The van der Waals surface area contributed by atoms with Crippen LogP contribution in [0.15, 0.2) is 24.3 Å². The topological polar surface area (TPSA) is 75.5 Å². The lowest BCUT2D eigenvalue weighted by molar-refractivity contribution is -0.00919. The summed E-state index contributed by atoms with van der Waals surface area (Å²) >= 11 is -1.70. The molecule has 0 saturated heterocycles. The van der Waals surface area contributed by atoms with Crippen molar-refractivity contribution in [3.8, 4) is 0 Å². The summed E-state index contributed by atoms with van der Waals surface area (Å²) in [6.45, 7) is 5.56. The molecule has 1 rings (SSSR count). The van der Waals surface area contributed by atoms with Crippen LogP contribution in [0.25, 0.3) is 0 Å². The summed E-state index contributed by atoms with van der Waals surface area (Å²) in [6.07, 6.45) is -3.78. The summed E-state index contributed by atoms with van der Waals surface area (Å²) in [6, 6.07) is 5.50. The van der Waals surface area contributed by atoms with Gasteiger partial charge in [-0.25, -0.2) is 8.78 Å². The second kappa shape index (κ2) is 7.23. The first kappa shape index (κ1) is 19.3. The zero-order valence-electron chi connectivity index (χ0n) is 13.1. The minimum absolute atomic E-state index is 0.0624. The highest BCUT2D eigenvalue weighted by Crippen LogP contribution is 2.33. The van der Waals surface area contributed by atoms with E-state index in [2.05, 4.69) is 4.72 Å². The van der Waals surface area contributed by atoms with Crippen molar-refractivity contribution in [3.63, 3.8) is 0 Å². The lowest BCUT2D eigenvalue weighted by Gasteiger charge is -2.38. The molecule has 0 aromatic heterocycles. The smallest absolute Gasteiger partial charge is 0.154 e. The second-order valence-corrected chi connectivity index (χ2v) is 8.28. The fourth-order valence-corrected chi connectivity index (χ4v) is 2.88. The van der Waals surface area contributed by atoms with Crippen molar-refractivity contribution < 1.29 is 23.5 Å². The number of rotatable bonds is 6. The van der Waals surface area contributed by atoms with Gasteiger partial charge in [0.1, 0.15) is 22.2 Å². The van der Waals surface area contributed by atoms with Gasteiger partial charge in [-0.1, -0.05) is 18.2 Å². The van der Waals surface area contributed by atoms with E-state index in [0.717, 1.165) is 6.07 Å². The van der Waals surface area contributed by atoms with E-state index < -0.39 is 46.3 Å². The second-order valence-electron chi connectivity index (χ2n) is 6.32. The fraction of sp³-hybridized carbons (Fsp3) is 0.600. The van der Waals surface area contributed by atoms with E-state index in [-0.39, 0.29) is 5.56 Å². The predicted molar refractivity (Wildman–Crippen MR) is 82.8 cm³/mol. The van der Waals surface area contributed by atoms with Crippen molar-refractivity contribution in [3.05, 3.63) is 35.6 Å². The summed E-state index contributed by atoms with van der Waals surface area (Å²) in [4.78, 5) is 0. The molecule has 3 N–H and O–H groups in total. The zero-order chi connectivity index (χ0) is 17.1. The van der Waals surface area contributed by atoms with E-state index in [1.165, 1.54) is 25.1 Å². The van der Waals surface area contributed by atoms with E-state index in [0.29, 0.717) is 0 Å². The number of aliphatic hydroxyl groups is 2. The molecule has 0 unspecified atom stereocenters. The molecule has 1 aromatic rings.